The fraction of sp³-hybridized carbons (Fsp3) is 0.111. The Bertz CT molecular complexity index is 967. The quantitative estimate of drug-likeness (QED) is 0.547. The maximum atomic E-state index is 13.1. The van der Waals surface area contributed by atoms with Gasteiger partial charge in [-0.2, -0.15) is 0 Å². The number of carbonyl (C=O) groups excluding carboxylic acids is 4. The maximum absolute atomic E-state index is 13.1. The van der Waals surface area contributed by atoms with Gasteiger partial charge in [-0.05, 0) is 18.2 Å². The second-order valence-electron chi connectivity index (χ2n) is 5.51. The molecular weight excluding hydrogens is 454 g/mol. The summed E-state index contributed by atoms with van der Waals surface area (Å²) >= 11 is 6.61. The molecule has 1 aliphatic rings. The van der Waals surface area contributed by atoms with Gasteiger partial charge in [-0.25, -0.2) is 0 Å². The fourth-order valence-electron chi connectivity index (χ4n) is 2.97. The number of benzene rings is 2. The summed E-state index contributed by atoms with van der Waals surface area (Å²) in [4.78, 5) is 50.9. The van der Waals surface area contributed by atoms with Crippen LogP contribution < -0.4 is 4.90 Å². The summed E-state index contributed by atoms with van der Waals surface area (Å²) in [6.07, 6.45) is 0. The zero-order chi connectivity index (χ0) is 18.5. The van der Waals surface area contributed by atoms with Gasteiger partial charge in [-0.15, -0.1) is 0 Å². The molecule has 0 spiro atoms. The average molecular weight is 465 g/mol. The van der Waals surface area contributed by atoms with Crippen molar-refractivity contribution in [3.8, 4) is 0 Å². The minimum atomic E-state index is -0.532. The SMILES string of the molecule is CC(=O)N(C(C)=O)c1ccc(Br)c2c1C(=O)c1c(Br)cccc1C2=O. The van der Waals surface area contributed by atoms with Crippen LogP contribution in [-0.2, 0) is 9.59 Å². The van der Waals surface area contributed by atoms with Gasteiger partial charge in [0.15, 0.2) is 11.6 Å². The van der Waals surface area contributed by atoms with E-state index in [9.17, 15) is 19.2 Å². The van der Waals surface area contributed by atoms with E-state index in [1.54, 1.807) is 24.3 Å². The van der Waals surface area contributed by atoms with Crippen molar-refractivity contribution in [2.75, 3.05) is 4.90 Å². The van der Waals surface area contributed by atoms with Gasteiger partial charge in [0.1, 0.15) is 0 Å². The predicted octanol–water partition coefficient (Wildman–Crippen LogP) is 3.89. The fourth-order valence-corrected chi connectivity index (χ4v) is 4.03. The van der Waals surface area contributed by atoms with Crippen LogP contribution in [0.25, 0.3) is 0 Å². The number of anilines is 1. The van der Waals surface area contributed by atoms with Crippen LogP contribution in [0.2, 0.25) is 0 Å². The number of imide groups is 1. The summed E-state index contributed by atoms with van der Waals surface area (Å²) in [5.74, 6) is -1.82. The van der Waals surface area contributed by atoms with Gasteiger partial charge in [0, 0.05) is 33.9 Å². The summed E-state index contributed by atoms with van der Waals surface area (Å²) < 4.78 is 0.916. The summed E-state index contributed by atoms with van der Waals surface area (Å²) in [6.45, 7) is 2.46. The monoisotopic (exact) mass is 463 g/mol. The Labute approximate surface area is 160 Å². The van der Waals surface area contributed by atoms with Crippen LogP contribution in [0.5, 0.6) is 0 Å². The molecule has 5 nitrogen and oxygen atoms in total. The van der Waals surface area contributed by atoms with Crippen LogP contribution in [0, 0.1) is 0 Å². The summed E-state index contributed by atoms with van der Waals surface area (Å²) in [5, 5.41) is 0. The van der Waals surface area contributed by atoms with Crippen LogP contribution in [0.15, 0.2) is 39.3 Å². The molecule has 0 fully saturated rings. The lowest BCUT2D eigenvalue weighted by molar-refractivity contribution is -0.124. The molecule has 2 aromatic rings. The van der Waals surface area contributed by atoms with E-state index < -0.39 is 17.6 Å². The number of ketones is 2. The number of nitrogens with zero attached hydrogens (tertiary/aromatic N) is 1. The van der Waals surface area contributed by atoms with Crippen molar-refractivity contribution in [1.29, 1.82) is 0 Å². The van der Waals surface area contributed by atoms with E-state index in [0.29, 0.717) is 8.95 Å². The Morgan fingerprint density at radius 3 is 2.00 bits per heavy atom. The molecule has 0 atom stereocenters. The number of amides is 2. The maximum Gasteiger partial charge on any atom is 0.230 e. The molecule has 25 heavy (non-hydrogen) atoms. The molecule has 0 N–H and O–H groups in total. The van der Waals surface area contributed by atoms with Crippen molar-refractivity contribution in [3.05, 3.63) is 61.5 Å². The largest absolute Gasteiger partial charge is 0.289 e. The van der Waals surface area contributed by atoms with Crippen molar-refractivity contribution in [3.63, 3.8) is 0 Å². The van der Waals surface area contributed by atoms with Crippen LogP contribution in [0.3, 0.4) is 0 Å². The molecule has 1 aliphatic carbocycles. The van der Waals surface area contributed by atoms with E-state index in [4.69, 9.17) is 0 Å². The second-order valence-corrected chi connectivity index (χ2v) is 7.22. The molecular formula is C18H11Br2NO4. The van der Waals surface area contributed by atoms with Crippen LogP contribution in [0.1, 0.15) is 45.7 Å². The molecule has 0 bridgehead atoms. The number of hydrogen-bond donors (Lipinski definition) is 0. The molecule has 0 saturated carbocycles. The van der Waals surface area contributed by atoms with Gasteiger partial charge < -0.3 is 0 Å². The van der Waals surface area contributed by atoms with Crippen molar-refractivity contribution in [1.82, 2.24) is 0 Å². The zero-order valence-electron chi connectivity index (χ0n) is 13.2. The lowest BCUT2D eigenvalue weighted by Crippen LogP contribution is -2.36. The molecule has 0 radical (unpaired) electrons. The van der Waals surface area contributed by atoms with E-state index >= 15 is 0 Å². The Morgan fingerprint density at radius 2 is 1.40 bits per heavy atom. The summed E-state index contributed by atoms with van der Waals surface area (Å²) in [5.41, 5.74) is 0.816. The third kappa shape index (κ3) is 2.67. The normalized spacial score (nSPS) is 12.5. The first-order valence-electron chi connectivity index (χ1n) is 7.27. The standard InChI is InChI=1S/C18H11Br2NO4/c1-8(22)21(9(2)23)13-7-6-12(20)15-16(13)18(25)14-10(17(15)24)4-3-5-11(14)19/h3-7H,1-2H3. The van der Waals surface area contributed by atoms with Gasteiger partial charge in [-0.1, -0.05) is 44.0 Å². The lowest BCUT2D eigenvalue weighted by atomic mass is 9.83. The third-order valence-electron chi connectivity index (χ3n) is 3.94. The Hall–Kier alpha value is -2.12. The Kier molecular flexibility index (Phi) is 4.47. The van der Waals surface area contributed by atoms with E-state index in [1.165, 1.54) is 19.9 Å². The molecule has 0 saturated heterocycles. The van der Waals surface area contributed by atoms with Crippen molar-refractivity contribution in [2.45, 2.75) is 13.8 Å². The molecule has 0 unspecified atom stereocenters. The highest BCUT2D eigenvalue weighted by Gasteiger charge is 2.37. The van der Waals surface area contributed by atoms with E-state index in [-0.39, 0.29) is 33.7 Å². The molecule has 126 valence electrons. The highest BCUT2D eigenvalue weighted by molar-refractivity contribution is 9.10. The molecule has 2 amide bonds. The zero-order valence-corrected chi connectivity index (χ0v) is 16.4. The molecule has 2 aromatic carbocycles. The predicted molar refractivity (Wildman–Crippen MR) is 99.0 cm³/mol. The second kappa shape index (κ2) is 6.31. The number of halogens is 2. The lowest BCUT2D eigenvalue weighted by Gasteiger charge is -2.26. The van der Waals surface area contributed by atoms with Gasteiger partial charge in [0.05, 0.1) is 16.8 Å². The number of rotatable bonds is 1. The smallest absolute Gasteiger partial charge is 0.230 e. The minimum absolute atomic E-state index is 0.0455. The first kappa shape index (κ1) is 17.7. The van der Waals surface area contributed by atoms with Crippen molar-refractivity contribution < 1.29 is 19.2 Å². The number of hydrogen-bond acceptors (Lipinski definition) is 4. The van der Waals surface area contributed by atoms with Crippen LogP contribution >= 0.6 is 31.9 Å². The van der Waals surface area contributed by atoms with Gasteiger partial charge in [0.2, 0.25) is 11.8 Å². The van der Waals surface area contributed by atoms with Crippen LogP contribution in [-0.4, -0.2) is 23.4 Å². The first-order chi connectivity index (χ1) is 11.8. The van der Waals surface area contributed by atoms with Crippen LogP contribution in [0.4, 0.5) is 5.69 Å². The first-order valence-corrected chi connectivity index (χ1v) is 8.86. The van der Waals surface area contributed by atoms with Gasteiger partial charge >= 0.3 is 0 Å². The van der Waals surface area contributed by atoms with Gasteiger partial charge in [0.25, 0.3) is 0 Å². The molecule has 0 aromatic heterocycles. The van der Waals surface area contributed by atoms with Crippen molar-refractivity contribution in [2.24, 2.45) is 0 Å². The average Bonchev–Trinajstić information content (AvgIpc) is 2.53. The molecule has 0 heterocycles. The summed E-state index contributed by atoms with van der Waals surface area (Å²) in [7, 11) is 0. The Balaban J connectivity index is 2.39. The molecule has 7 heteroatoms. The number of fused-ring (bicyclic) bond motifs is 2. The van der Waals surface area contributed by atoms with Crippen molar-refractivity contribution >= 4 is 60.9 Å². The topological polar surface area (TPSA) is 71.5 Å². The minimum Gasteiger partial charge on any atom is -0.289 e. The molecule has 3 rings (SSSR count). The van der Waals surface area contributed by atoms with E-state index in [0.717, 1.165) is 4.90 Å². The Morgan fingerprint density at radius 1 is 0.800 bits per heavy atom. The summed E-state index contributed by atoms with van der Waals surface area (Å²) in [6, 6.07) is 7.96. The van der Waals surface area contributed by atoms with Gasteiger partial charge in [-0.3, -0.25) is 24.1 Å². The third-order valence-corrected chi connectivity index (χ3v) is 5.26. The molecule has 0 aliphatic heterocycles. The highest BCUT2D eigenvalue weighted by atomic mass is 79.9. The van der Waals surface area contributed by atoms with E-state index in [2.05, 4.69) is 31.9 Å². The highest BCUT2D eigenvalue weighted by Crippen LogP contribution is 2.39. The van der Waals surface area contributed by atoms with E-state index in [1.807, 2.05) is 0 Å². The number of carbonyl (C=O) groups is 4.